The van der Waals surface area contributed by atoms with E-state index in [1.165, 1.54) is 48.2 Å². The number of benzene rings is 7. The highest BCUT2D eigenvalue weighted by Gasteiger charge is 2.42. The van der Waals surface area contributed by atoms with Gasteiger partial charge in [-0.3, -0.25) is 0 Å². The Labute approximate surface area is 297 Å². The summed E-state index contributed by atoms with van der Waals surface area (Å²) < 4.78 is 8.91. The van der Waals surface area contributed by atoms with E-state index in [1.54, 1.807) is 0 Å². The Morgan fingerprint density at radius 2 is 1.12 bits per heavy atom. The summed E-state index contributed by atoms with van der Waals surface area (Å²) in [6, 6.07) is 62.5. The number of para-hydroxylation sites is 2. The smallest absolute Gasteiger partial charge is 0.179 e. The van der Waals surface area contributed by atoms with E-state index in [4.69, 9.17) is 4.42 Å². The van der Waals surface area contributed by atoms with Crippen LogP contribution in [0.4, 0.5) is 5.69 Å². The molecule has 51 heavy (non-hydrogen) atoms. The molecular weight excluding hydrogens is 639 g/mol. The van der Waals surface area contributed by atoms with E-state index >= 15 is 0 Å². The quantitative estimate of drug-likeness (QED) is 0.131. The lowest BCUT2D eigenvalue weighted by molar-refractivity contribution is 0.496. The Kier molecular flexibility index (Phi) is 6.76. The average molecular weight is 674 g/mol. The summed E-state index contributed by atoms with van der Waals surface area (Å²) in [7, 11) is -0.750. The molecule has 0 N–H and O–H groups in total. The second kappa shape index (κ2) is 11.6. The van der Waals surface area contributed by atoms with Gasteiger partial charge in [0.2, 0.25) is 0 Å². The number of hydrogen-bond acceptors (Lipinski definition) is 3. The molecule has 244 valence electrons. The van der Waals surface area contributed by atoms with E-state index in [2.05, 4.69) is 198 Å². The number of anilines is 1. The molecule has 1 aliphatic rings. The Morgan fingerprint density at radius 1 is 0.490 bits per heavy atom. The van der Waals surface area contributed by atoms with Gasteiger partial charge in [0.05, 0.1) is 23.1 Å². The lowest BCUT2D eigenvalue weighted by Crippen LogP contribution is -2.74. The maximum atomic E-state index is 6.44. The van der Waals surface area contributed by atoms with Crippen molar-refractivity contribution in [1.29, 1.82) is 0 Å². The normalized spacial score (nSPS) is 13.4. The van der Waals surface area contributed by atoms with Crippen molar-refractivity contribution in [3.63, 3.8) is 0 Å². The topological polar surface area (TPSA) is 24.6 Å². The molecule has 0 amide bonds. The fraction of sp³-hybridized carbons (Fsp3) is 0.0435. The molecule has 10 rings (SSSR count). The molecule has 0 aliphatic carbocycles. The summed E-state index contributed by atoms with van der Waals surface area (Å²) in [6.45, 7) is 0.828. The number of hydrogen-bond donors (Lipinski definition) is 0. The first kappa shape index (κ1) is 29.6. The van der Waals surface area contributed by atoms with E-state index in [-0.39, 0.29) is 0 Å². The summed E-state index contributed by atoms with van der Waals surface area (Å²) in [6.07, 6.45) is 4.32. The lowest BCUT2D eigenvalue weighted by Gasteiger charge is -2.35. The average Bonchev–Trinajstić information content (AvgIpc) is 3.89. The highest BCUT2D eigenvalue weighted by molar-refractivity contribution is 7.20. The summed E-state index contributed by atoms with van der Waals surface area (Å²) >= 11 is 0. The van der Waals surface area contributed by atoms with Crippen LogP contribution in [0.2, 0.25) is 0 Å². The molecule has 7 aromatic carbocycles. The predicted octanol–water partition coefficient (Wildman–Crippen LogP) is 8.24. The van der Waals surface area contributed by atoms with Crippen molar-refractivity contribution >= 4 is 78.3 Å². The van der Waals surface area contributed by atoms with Crippen molar-refractivity contribution in [3.05, 3.63) is 182 Å². The third-order valence-electron chi connectivity index (χ3n) is 10.6. The molecule has 0 saturated carbocycles. The zero-order valence-electron chi connectivity index (χ0n) is 28.3. The second-order valence-electron chi connectivity index (χ2n) is 13.5. The maximum Gasteiger partial charge on any atom is 0.179 e. The maximum absolute atomic E-state index is 6.44. The van der Waals surface area contributed by atoms with Gasteiger partial charge in [-0.25, -0.2) is 0 Å². The van der Waals surface area contributed by atoms with Crippen molar-refractivity contribution in [3.8, 4) is 5.69 Å². The highest BCUT2D eigenvalue weighted by atomic mass is 28.3. The van der Waals surface area contributed by atoms with Crippen LogP contribution in [0.25, 0.3) is 49.4 Å². The van der Waals surface area contributed by atoms with Gasteiger partial charge in [-0.1, -0.05) is 121 Å². The molecule has 3 heterocycles. The zero-order valence-corrected chi connectivity index (χ0v) is 29.3. The zero-order chi connectivity index (χ0) is 33.9. The Balaban J connectivity index is 1.34. The first-order chi connectivity index (χ1) is 25.2. The van der Waals surface area contributed by atoms with Gasteiger partial charge < -0.3 is 18.8 Å². The minimum absolute atomic E-state index is 0.828. The van der Waals surface area contributed by atoms with Crippen molar-refractivity contribution in [2.45, 2.75) is 0 Å². The first-order valence-corrected chi connectivity index (χ1v) is 19.5. The third-order valence-corrected chi connectivity index (χ3v) is 15.4. The largest absolute Gasteiger partial charge is 0.456 e. The molecule has 0 atom stereocenters. The van der Waals surface area contributed by atoms with Gasteiger partial charge >= 0.3 is 0 Å². The number of aromatic nitrogens is 1. The van der Waals surface area contributed by atoms with Crippen LogP contribution in [0.1, 0.15) is 0 Å². The molecule has 0 spiro atoms. The Hall–Kier alpha value is -6.30. The van der Waals surface area contributed by atoms with Crippen LogP contribution in [-0.4, -0.2) is 31.3 Å². The lowest BCUT2D eigenvalue weighted by atomic mass is 10.1. The van der Waals surface area contributed by atoms with E-state index in [0.717, 1.165) is 34.3 Å². The minimum atomic E-state index is -2.87. The van der Waals surface area contributed by atoms with Gasteiger partial charge in [0, 0.05) is 47.0 Å². The number of nitrogens with zero attached hydrogens (tertiary/aromatic N) is 3. The van der Waals surface area contributed by atoms with Crippen molar-refractivity contribution < 1.29 is 4.42 Å². The second-order valence-corrected chi connectivity index (χ2v) is 17.3. The van der Waals surface area contributed by atoms with Crippen LogP contribution in [0, 0.1) is 0 Å². The van der Waals surface area contributed by atoms with Gasteiger partial charge in [-0.15, -0.1) is 0 Å². The third kappa shape index (κ3) is 4.52. The van der Waals surface area contributed by atoms with Crippen LogP contribution < -0.4 is 25.6 Å². The fourth-order valence-corrected chi connectivity index (χ4v) is 13.2. The van der Waals surface area contributed by atoms with E-state index in [1.807, 2.05) is 6.07 Å². The molecule has 9 aromatic rings. The van der Waals surface area contributed by atoms with Crippen LogP contribution in [-0.2, 0) is 0 Å². The van der Waals surface area contributed by atoms with E-state index in [0.29, 0.717) is 0 Å². The molecule has 0 fully saturated rings. The molecule has 0 saturated heterocycles. The summed E-state index contributed by atoms with van der Waals surface area (Å²) in [4.78, 5) is 4.54. The SMILES string of the molecule is CN1C=CN(c2cccc([Si](c3ccccc3)(c3ccccc3)c3ccc4c5ccc6oc7ccccc7c6c5n(-c5ccccc5)c4c3)c2)C1. The van der Waals surface area contributed by atoms with Crippen molar-refractivity contribution in [2.24, 2.45) is 0 Å². The van der Waals surface area contributed by atoms with Gasteiger partial charge in [0.15, 0.2) is 8.07 Å². The molecule has 0 bridgehead atoms. The molecule has 0 radical (unpaired) electrons. The van der Waals surface area contributed by atoms with Gasteiger partial charge in [0.25, 0.3) is 0 Å². The Bertz CT molecular complexity index is 2710. The van der Waals surface area contributed by atoms with Gasteiger partial charge in [-0.05, 0) is 69.3 Å². The predicted molar refractivity (Wildman–Crippen MR) is 216 cm³/mol. The van der Waals surface area contributed by atoms with Gasteiger partial charge in [0.1, 0.15) is 11.2 Å². The summed E-state index contributed by atoms with van der Waals surface area (Å²) in [5, 5.41) is 10.1. The van der Waals surface area contributed by atoms with Crippen LogP contribution in [0.3, 0.4) is 0 Å². The Morgan fingerprint density at radius 3 is 1.84 bits per heavy atom. The van der Waals surface area contributed by atoms with Crippen LogP contribution in [0.5, 0.6) is 0 Å². The monoisotopic (exact) mass is 673 g/mol. The summed E-state index contributed by atoms with van der Waals surface area (Å²) in [5.41, 5.74) is 6.50. The van der Waals surface area contributed by atoms with Crippen LogP contribution in [0.15, 0.2) is 187 Å². The van der Waals surface area contributed by atoms with Gasteiger partial charge in [-0.2, -0.15) is 0 Å². The van der Waals surface area contributed by atoms with E-state index < -0.39 is 8.07 Å². The molecule has 4 nitrogen and oxygen atoms in total. The minimum Gasteiger partial charge on any atom is -0.456 e. The number of furan rings is 1. The van der Waals surface area contributed by atoms with Crippen molar-refractivity contribution in [1.82, 2.24) is 9.47 Å². The molecule has 1 aliphatic heterocycles. The van der Waals surface area contributed by atoms with Crippen LogP contribution >= 0.6 is 0 Å². The number of rotatable bonds is 6. The first-order valence-electron chi connectivity index (χ1n) is 17.5. The van der Waals surface area contributed by atoms with E-state index in [9.17, 15) is 0 Å². The standard InChI is InChI=1S/C46H35N3OSi/c1-47-28-29-48(32-47)34-16-13-21-37(30-34)51(35-17-7-3-8-18-35,36-19-9-4-10-20-36)38-24-25-39-40-26-27-44-45(41-22-11-12-23-43(41)50-44)46(40)49(42(39)31-38)33-14-5-2-6-15-33/h2-31H,32H2,1H3. The van der Waals surface area contributed by atoms with Crippen molar-refractivity contribution in [2.75, 3.05) is 18.6 Å². The number of fused-ring (bicyclic) bond motifs is 7. The molecular formula is C46H35N3OSi. The highest BCUT2D eigenvalue weighted by Crippen LogP contribution is 2.40. The fourth-order valence-electron chi connectivity index (χ4n) is 8.38. The molecule has 2 aromatic heterocycles. The molecule has 0 unspecified atom stereocenters. The summed E-state index contributed by atoms with van der Waals surface area (Å²) in [5.74, 6) is 0. The molecule has 5 heteroatoms.